The van der Waals surface area contributed by atoms with Crippen molar-refractivity contribution in [1.82, 2.24) is 0 Å². The van der Waals surface area contributed by atoms with Crippen LogP contribution >= 0.6 is 15.6 Å². The Labute approximate surface area is 549 Å². The van der Waals surface area contributed by atoms with Crippen molar-refractivity contribution in [2.75, 3.05) is 39.6 Å². The summed E-state index contributed by atoms with van der Waals surface area (Å²) >= 11 is 0. The zero-order chi connectivity index (χ0) is 66.8. The van der Waals surface area contributed by atoms with Crippen molar-refractivity contribution in [3.8, 4) is 0 Å². The highest BCUT2D eigenvalue weighted by atomic mass is 31.2. The Morgan fingerprint density at radius 2 is 0.467 bits per heavy atom. The molecule has 0 radical (unpaired) electrons. The van der Waals surface area contributed by atoms with Gasteiger partial charge in [-0.1, -0.05) is 299 Å². The van der Waals surface area contributed by atoms with E-state index in [4.69, 9.17) is 37.0 Å². The summed E-state index contributed by atoms with van der Waals surface area (Å²) in [6.07, 6.45) is 43.7. The van der Waals surface area contributed by atoms with Gasteiger partial charge in [-0.25, -0.2) is 9.13 Å². The number of hydrogen-bond donors (Lipinski definition) is 3. The number of hydrogen-bond acceptors (Lipinski definition) is 15. The number of unbranched alkanes of at least 4 members (excludes halogenated alkanes) is 34. The van der Waals surface area contributed by atoms with Crippen LogP contribution in [0.2, 0.25) is 0 Å². The summed E-state index contributed by atoms with van der Waals surface area (Å²) in [5.41, 5.74) is 0. The number of aliphatic hydroxyl groups is 1. The number of carbonyl (C=O) groups is 4. The molecule has 0 saturated heterocycles. The lowest BCUT2D eigenvalue weighted by atomic mass is 10.0. The van der Waals surface area contributed by atoms with Gasteiger partial charge in [0.2, 0.25) is 0 Å². The molecule has 17 nitrogen and oxygen atoms in total. The van der Waals surface area contributed by atoms with Crippen LogP contribution in [-0.4, -0.2) is 96.7 Å². The maximum Gasteiger partial charge on any atom is 0.472 e. The first-order chi connectivity index (χ1) is 43.1. The largest absolute Gasteiger partial charge is 0.472 e. The first-order valence-corrected chi connectivity index (χ1v) is 39.7. The van der Waals surface area contributed by atoms with Crippen molar-refractivity contribution < 1.29 is 80.2 Å². The number of carbonyl (C=O) groups excluding carboxylic acids is 4. The number of rotatable bonds is 68. The molecule has 0 aromatic heterocycles. The summed E-state index contributed by atoms with van der Waals surface area (Å²) in [6.45, 7) is 14.0. The van der Waals surface area contributed by atoms with Crippen molar-refractivity contribution in [3.63, 3.8) is 0 Å². The molecule has 19 heteroatoms. The number of aliphatic hydroxyl groups excluding tert-OH is 1. The minimum atomic E-state index is -4.95. The highest BCUT2D eigenvalue weighted by Crippen LogP contribution is 2.45. The van der Waals surface area contributed by atoms with Gasteiger partial charge in [-0.2, -0.15) is 0 Å². The quantitative estimate of drug-likeness (QED) is 0.0222. The van der Waals surface area contributed by atoms with Gasteiger partial charge in [-0.15, -0.1) is 0 Å². The zero-order valence-corrected chi connectivity index (χ0v) is 60.6. The molecule has 0 aliphatic carbocycles. The summed E-state index contributed by atoms with van der Waals surface area (Å²) in [7, 11) is -9.90. The molecule has 0 spiro atoms. The third kappa shape index (κ3) is 64.8. The van der Waals surface area contributed by atoms with E-state index in [2.05, 4.69) is 55.4 Å². The molecule has 0 bridgehead atoms. The van der Waals surface area contributed by atoms with Crippen LogP contribution in [0, 0.1) is 23.7 Å². The van der Waals surface area contributed by atoms with E-state index in [0.29, 0.717) is 37.5 Å². The molecule has 0 amide bonds. The Kier molecular flexibility index (Phi) is 59.4. The van der Waals surface area contributed by atoms with E-state index >= 15 is 0 Å². The van der Waals surface area contributed by atoms with Gasteiger partial charge in [-0.3, -0.25) is 37.3 Å². The fourth-order valence-electron chi connectivity index (χ4n) is 10.7. The molecule has 534 valence electrons. The van der Waals surface area contributed by atoms with E-state index in [1.54, 1.807) is 0 Å². The van der Waals surface area contributed by atoms with Crippen molar-refractivity contribution in [1.29, 1.82) is 0 Å². The van der Waals surface area contributed by atoms with Crippen molar-refractivity contribution in [2.45, 2.75) is 369 Å². The SMILES string of the molecule is CC(C)CCCCCCCCCCCCCCCCCCCCC(=O)OC[C@H](COP(=O)(O)OC[C@@H](O)COP(=O)(O)OC[C@@H](COC(=O)CCCCCCCCC(C)C)OC(=O)CCCCCCCCCCC(C)C)OC(=O)CCCCCCCCC(C)C. The van der Waals surface area contributed by atoms with Crippen LogP contribution in [-0.2, 0) is 65.4 Å². The fourth-order valence-corrected chi connectivity index (χ4v) is 12.2. The van der Waals surface area contributed by atoms with Crippen LogP contribution in [0.25, 0.3) is 0 Å². The van der Waals surface area contributed by atoms with E-state index < -0.39 is 97.5 Å². The summed E-state index contributed by atoms with van der Waals surface area (Å²) in [4.78, 5) is 72.4. The van der Waals surface area contributed by atoms with Crippen LogP contribution in [0.5, 0.6) is 0 Å². The number of phosphoric ester groups is 2. The minimum absolute atomic E-state index is 0.102. The molecule has 0 aliphatic rings. The Bertz CT molecular complexity index is 1780. The molecule has 2 unspecified atom stereocenters. The first-order valence-electron chi connectivity index (χ1n) is 36.7. The molecule has 0 saturated carbocycles. The molecule has 0 fully saturated rings. The Hall–Kier alpha value is -1.94. The third-order valence-corrected chi connectivity index (χ3v) is 18.2. The van der Waals surface area contributed by atoms with Gasteiger partial charge >= 0.3 is 39.5 Å². The van der Waals surface area contributed by atoms with Crippen LogP contribution in [0.3, 0.4) is 0 Å². The second kappa shape index (κ2) is 60.7. The maximum atomic E-state index is 13.0. The summed E-state index contributed by atoms with van der Waals surface area (Å²) in [5.74, 6) is 0.753. The molecule has 90 heavy (non-hydrogen) atoms. The topological polar surface area (TPSA) is 237 Å². The predicted octanol–water partition coefficient (Wildman–Crippen LogP) is 20.1. The summed E-state index contributed by atoms with van der Waals surface area (Å²) in [6, 6.07) is 0. The lowest BCUT2D eigenvalue weighted by molar-refractivity contribution is -0.161. The van der Waals surface area contributed by atoms with Crippen LogP contribution < -0.4 is 0 Å². The average molecular weight is 1330 g/mol. The van der Waals surface area contributed by atoms with Gasteiger partial charge in [0.05, 0.1) is 26.4 Å². The van der Waals surface area contributed by atoms with Gasteiger partial charge in [-0.05, 0) is 49.4 Å². The van der Waals surface area contributed by atoms with Crippen LogP contribution in [0.15, 0.2) is 0 Å². The van der Waals surface area contributed by atoms with Gasteiger partial charge in [0.25, 0.3) is 0 Å². The number of ether oxygens (including phenoxy) is 4. The van der Waals surface area contributed by atoms with Crippen molar-refractivity contribution in [2.24, 2.45) is 23.7 Å². The van der Waals surface area contributed by atoms with Gasteiger partial charge in [0.15, 0.2) is 12.2 Å². The first kappa shape index (κ1) is 88.1. The minimum Gasteiger partial charge on any atom is -0.462 e. The van der Waals surface area contributed by atoms with Crippen molar-refractivity contribution >= 4 is 39.5 Å². The molecule has 0 aromatic rings. The molecule has 0 aromatic carbocycles. The standard InChI is InChI=1S/C71H138O17P2/c1-61(2)47-39-31-23-19-17-15-13-11-9-10-12-14-16-18-20-25-35-43-51-68(73)81-57-67(88-71(76)54-46-38-30-28-34-42-50-64(7)8)60-86-90(79,80)84-56-65(72)55-83-89(77,78)85-59-66(58-82-69(74)52-44-36-29-27-33-41-49-63(5)6)87-70(75)53-45-37-26-22-21-24-32-40-48-62(3)4/h61-67,72H,9-60H2,1-8H3,(H,77,78)(H,79,80)/t65-,66+,67+/m0/s1. The van der Waals surface area contributed by atoms with Crippen molar-refractivity contribution in [3.05, 3.63) is 0 Å². The summed E-state index contributed by atoms with van der Waals surface area (Å²) < 4.78 is 68.1. The average Bonchev–Trinajstić information content (AvgIpc) is 2.90. The molecule has 3 N–H and O–H groups in total. The highest BCUT2D eigenvalue weighted by molar-refractivity contribution is 7.47. The van der Waals surface area contributed by atoms with Gasteiger partial charge < -0.3 is 33.8 Å². The highest BCUT2D eigenvalue weighted by Gasteiger charge is 2.30. The Balaban J connectivity index is 5.10. The number of esters is 4. The Morgan fingerprint density at radius 1 is 0.278 bits per heavy atom. The summed E-state index contributed by atoms with van der Waals surface area (Å²) in [5, 5.41) is 10.6. The van der Waals surface area contributed by atoms with Gasteiger partial charge in [0, 0.05) is 25.7 Å². The van der Waals surface area contributed by atoms with E-state index in [0.717, 1.165) is 108 Å². The molecule has 0 aliphatic heterocycles. The zero-order valence-electron chi connectivity index (χ0n) is 58.8. The third-order valence-electron chi connectivity index (χ3n) is 16.3. The smallest absolute Gasteiger partial charge is 0.462 e. The predicted molar refractivity (Wildman–Crippen MR) is 363 cm³/mol. The van der Waals surface area contributed by atoms with E-state index in [9.17, 15) is 43.2 Å². The molecule has 0 rings (SSSR count). The number of phosphoric acid groups is 2. The normalized spacial score (nSPS) is 14.3. The molecular weight excluding hydrogens is 1190 g/mol. The second-order valence-electron chi connectivity index (χ2n) is 27.5. The second-order valence-corrected chi connectivity index (χ2v) is 30.4. The lowest BCUT2D eigenvalue weighted by Gasteiger charge is -2.21. The van der Waals surface area contributed by atoms with E-state index in [1.165, 1.54) is 148 Å². The monoisotopic (exact) mass is 1320 g/mol. The van der Waals surface area contributed by atoms with Gasteiger partial charge in [0.1, 0.15) is 19.3 Å². The van der Waals surface area contributed by atoms with E-state index in [-0.39, 0.29) is 25.7 Å². The fraction of sp³-hybridized carbons (Fsp3) is 0.944. The lowest BCUT2D eigenvalue weighted by Crippen LogP contribution is -2.30. The Morgan fingerprint density at radius 3 is 0.689 bits per heavy atom. The van der Waals surface area contributed by atoms with Crippen LogP contribution in [0.1, 0.15) is 351 Å². The van der Waals surface area contributed by atoms with E-state index in [1.807, 2.05) is 0 Å². The van der Waals surface area contributed by atoms with Crippen LogP contribution in [0.4, 0.5) is 0 Å². The molecule has 0 heterocycles. The maximum absolute atomic E-state index is 13.0. The molecular formula is C71H138O17P2. The molecule has 5 atom stereocenters.